The first kappa shape index (κ1) is 21.0. The van der Waals surface area contributed by atoms with Crippen LogP contribution in [0.25, 0.3) is 10.9 Å². The van der Waals surface area contributed by atoms with Crippen molar-refractivity contribution in [1.29, 1.82) is 0 Å². The Kier molecular flexibility index (Phi) is 6.82. The molecule has 2 N–H and O–H groups in total. The normalized spacial score (nSPS) is 14.8. The second kappa shape index (κ2) is 9.73. The van der Waals surface area contributed by atoms with Gasteiger partial charge in [-0.1, -0.05) is 41.7 Å². The van der Waals surface area contributed by atoms with Crippen molar-refractivity contribution in [2.24, 2.45) is 0 Å². The number of benzene rings is 2. The maximum Gasteiger partial charge on any atom is 0.227 e. The van der Waals surface area contributed by atoms with Gasteiger partial charge in [0.2, 0.25) is 5.95 Å². The zero-order valence-electron chi connectivity index (χ0n) is 17.4. The van der Waals surface area contributed by atoms with Crippen LogP contribution in [0.4, 0.5) is 17.5 Å². The van der Waals surface area contributed by atoms with Crippen molar-refractivity contribution in [3.63, 3.8) is 0 Å². The highest BCUT2D eigenvalue weighted by Gasteiger charge is 2.19. The van der Waals surface area contributed by atoms with E-state index < -0.39 is 0 Å². The molecule has 2 aromatic carbocycles. The summed E-state index contributed by atoms with van der Waals surface area (Å²) in [4.78, 5) is 14.3. The number of para-hydroxylation sites is 1. The van der Waals surface area contributed by atoms with E-state index in [0.717, 1.165) is 72.4 Å². The Bertz CT molecular complexity index is 992. The average molecular weight is 443 g/mol. The number of piperazine rings is 1. The smallest absolute Gasteiger partial charge is 0.227 e. The number of likely N-dealkylation sites (N-methyl/N-ethyl adjacent to an activating group) is 1. The van der Waals surface area contributed by atoms with Gasteiger partial charge in [0.25, 0.3) is 0 Å². The first-order valence-corrected chi connectivity index (χ1v) is 11.5. The minimum atomic E-state index is 0.687. The number of hydrogen-bond acceptors (Lipinski definition) is 7. The van der Waals surface area contributed by atoms with Crippen molar-refractivity contribution in [3.05, 3.63) is 53.1 Å². The number of fused-ring (bicyclic) bond motifs is 1. The molecule has 6 nitrogen and oxygen atoms in total. The van der Waals surface area contributed by atoms with E-state index in [1.807, 2.05) is 31.2 Å². The van der Waals surface area contributed by atoms with E-state index in [1.54, 1.807) is 11.9 Å². The number of aryl methyl sites for hydroxylation is 1. The molecule has 0 unspecified atom stereocenters. The van der Waals surface area contributed by atoms with Gasteiger partial charge in [-0.3, -0.25) is 0 Å². The Labute approximate surface area is 187 Å². The molecule has 4 rings (SSSR count). The molecular weight excluding hydrogens is 416 g/mol. The predicted octanol–water partition coefficient (Wildman–Crippen LogP) is 4.52. The molecule has 0 atom stereocenters. The zero-order chi connectivity index (χ0) is 20.9. The summed E-state index contributed by atoms with van der Waals surface area (Å²) in [5.74, 6) is 2.46. The predicted molar refractivity (Wildman–Crippen MR) is 130 cm³/mol. The summed E-state index contributed by atoms with van der Waals surface area (Å²) in [7, 11) is 2.15. The minimum Gasteiger partial charge on any atom is -0.368 e. The van der Waals surface area contributed by atoms with Gasteiger partial charge >= 0.3 is 0 Å². The second-order valence-electron chi connectivity index (χ2n) is 7.55. The number of aromatic nitrogens is 2. The molecule has 30 heavy (non-hydrogen) atoms. The average Bonchev–Trinajstić information content (AvgIpc) is 2.74. The van der Waals surface area contributed by atoms with E-state index in [-0.39, 0.29) is 0 Å². The number of anilines is 3. The first-order chi connectivity index (χ1) is 14.6. The summed E-state index contributed by atoms with van der Waals surface area (Å²) in [6, 6.07) is 14.2. The molecule has 1 aromatic heterocycles. The third-order valence-corrected chi connectivity index (χ3v) is 6.22. The molecule has 1 fully saturated rings. The molecule has 1 aliphatic rings. The van der Waals surface area contributed by atoms with Crippen LogP contribution in [-0.2, 0) is 0 Å². The molecule has 158 valence electrons. The SMILES string of the molecule is Cc1cc(Cl)c2c(NCCSNc3ccccc3)nc(N3CCN(C)CC3)nc2c1. The fraction of sp³-hybridized carbons (Fsp3) is 0.364. The number of nitrogens with one attached hydrogen (secondary N) is 2. The molecule has 1 saturated heterocycles. The Morgan fingerprint density at radius 2 is 1.83 bits per heavy atom. The van der Waals surface area contributed by atoms with E-state index in [4.69, 9.17) is 21.6 Å². The summed E-state index contributed by atoms with van der Waals surface area (Å²) in [5.41, 5.74) is 3.09. The second-order valence-corrected chi connectivity index (χ2v) is 8.85. The Morgan fingerprint density at radius 1 is 1.07 bits per heavy atom. The van der Waals surface area contributed by atoms with Gasteiger partial charge in [-0.05, 0) is 43.8 Å². The van der Waals surface area contributed by atoms with Gasteiger partial charge < -0.3 is 19.8 Å². The van der Waals surface area contributed by atoms with Gasteiger partial charge in [0.15, 0.2) is 0 Å². The molecule has 8 heteroatoms. The molecular formula is C22H27ClN6S. The van der Waals surface area contributed by atoms with Gasteiger partial charge in [0.1, 0.15) is 5.82 Å². The van der Waals surface area contributed by atoms with Crippen LogP contribution in [0, 0.1) is 6.92 Å². The molecule has 2 heterocycles. The summed E-state index contributed by atoms with van der Waals surface area (Å²) < 4.78 is 3.36. The standard InChI is InChI=1S/C22H27ClN6S/c1-16-14-18(23)20-19(15-16)25-22(29-11-9-28(2)10-12-29)26-21(20)24-8-13-30-27-17-6-4-3-5-7-17/h3-7,14-15,27H,8-13H2,1-2H3,(H,24,25,26). The van der Waals surface area contributed by atoms with E-state index >= 15 is 0 Å². The Morgan fingerprint density at radius 3 is 2.60 bits per heavy atom. The molecule has 1 aliphatic heterocycles. The summed E-state index contributed by atoms with van der Waals surface area (Å²) >= 11 is 8.25. The van der Waals surface area contributed by atoms with Crippen molar-refractivity contribution in [2.75, 3.05) is 60.5 Å². The maximum absolute atomic E-state index is 6.59. The van der Waals surface area contributed by atoms with Crippen molar-refractivity contribution in [2.45, 2.75) is 6.92 Å². The number of hydrogen-bond donors (Lipinski definition) is 2. The largest absolute Gasteiger partial charge is 0.368 e. The Balaban J connectivity index is 1.50. The van der Waals surface area contributed by atoms with Crippen LogP contribution < -0.4 is 14.9 Å². The molecule has 0 spiro atoms. The highest BCUT2D eigenvalue weighted by atomic mass is 35.5. The fourth-order valence-electron chi connectivity index (χ4n) is 3.47. The summed E-state index contributed by atoms with van der Waals surface area (Å²) in [5, 5.41) is 5.07. The van der Waals surface area contributed by atoms with E-state index in [2.05, 4.69) is 45.1 Å². The fourth-order valence-corrected chi connectivity index (χ4v) is 4.44. The molecule has 0 radical (unpaired) electrons. The van der Waals surface area contributed by atoms with Crippen molar-refractivity contribution in [3.8, 4) is 0 Å². The van der Waals surface area contributed by atoms with Gasteiger partial charge in [-0.15, -0.1) is 0 Å². The maximum atomic E-state index is 6.59. The van der Waals surface area contributed by atoms with Gasteiger partial charge in [0.05, 0.1) is 15.9 Å². The van der Waals surface area contributed by atoms with E-state index in [0.29, 0.717) is 5.02 Å². The van der Waals surface area contributed by atoms with E-state index in [9.17, 15) is 0 Å². The third-order valence-electron chi connectivity index (χ3n) is 5.13. The van der Waals surface area contributed by atoms with Crippen LogP contribution in [0.5, 0.6) is 0 Å². The monoisotopic (exact) mass is 442 g/mol. The van der Waals surface area contributed by atoms with Crippen LogP contribution in [0.2, 0.25) is 5.02 Å². The molecule has 3 aromatic rings. The summed E-state index contributed by atoms with van der Waals surface area (Å²) in [6.45, 7) is 6.70. The minimum absolute atomic E-state index is 0.687. The van der Waals surface area contributed by atoms with Gasteiger partial charge in [0, 0.05) is 44.2 Å². The lowest BCUT2D eigenvalue weighted by atomic mass is 10.1. The number of halogens is 1. The highest BCUT2D eigenvalue weighted by Crippen LogP contribution is 2.31. The van der Waals surface area contributed by atoms with Crippen LogP contribution in [0.3, 0.4) is 0 Å². The highest BCUT2D eigenvalue weighted by molar-refractivity contribution is 8.00. The lowest BCUT2D eigenvalue weighted by Gasteiger charge is -2.32. The Hall–Kier alpha value is -2.22. The molecule has 0 bridgehead atoms. The van der Waals surface area contributed by atoms with Crippen molar-refractivity contribution >= 4 is 51.9 Å². The zero-order valence-corrected chi connectivity index (χ0v) is 18.9. The quantitative estimate of drug-likeness (QED) is 0.412. The van der Waals surface area contributed by atoms with Gasteiger partial charge in [-0.25, -0.2) is 4.98 Å². The summed E-state index contributed by atoms with van der Waals surface area (Å²) in [6.07, 6.45) is 0. The van der Waals surface area contributed by atoms with Crippen LogP contribution in [0.1, 0.15) is 5.56 Å². The van der Waals surface area contributed by atoms with Crippen LogP contribution in [-0.4, -0.2) is 60.4 Å². The van der Waals surface area contributed by atoms with Gasteiger partial charge in [-0.2, -0.15) is 4.98 Å². The molecule has 0 saturated carbocycles. The lowest BCUT2D eigenvalue weighted by Crippen LogP contribution is -2.45. The van der Waals surface area contributed by atoms with E-state index in [1.165, 1.54) is 0 Å². The number of nitrogens with zero attached hydrogens (tertiary/aromatic N) is 4. The van der Waals surface area contributed by atoms with Crippen molar-refractivity contribution in [1.82, 2.24) is 14.9 Å². The molecule has 0 amide bonds. The van der Waals surface area contributed by atoms with Crippen LogP contribution >= 0.6 is 23.5 Å². The third kappa shape index (κ3) is 5.09. The topological polar surface area (TPSA) is 56.3 Å². The lowest BCUT2D eigenvalue weighted by molar-refractivity contribution is 0.311. The van der Waals surface area contributed by atoms with Crippen molar-refractivity contribution < 1.29 is 0 Å². The number of rotatable bonds is 7. The van der Waals surface area contributed by atoms with Crippen LogP contribution in [0.15, 0.2) is 42.5 Å². The first-order valence-electron chi connectivity index (χ1n) is 10.2. The molecule has 0 aliphatic carbocycles.